The van der Waals surface area contributed by atoms with Gasteiger partial charge in [-0.2, -0.15) is 0 Å². The van der Waals surface area contributed by atoms with Crippen molar-refractivity contribution in [3.63, 3.8) is 0 Å². The lowest BCUT2D eigenvalue weighted by molar-refractivity contribution is -0.143. The molecule has 0 aromatic rings. The second-order valence-electron chi connectivity index (χ2n) is 9.01. The standard InChI is InChI=1S/C22H36N6O3/c23-22(24)27-26-18-17(19(29)25-15-11-7-3-1-4-8-12-15)20(30)28(21(18)31)16-13-9-5-2-6-10-14-16/h15-17H,1-14H2,(H,25,29)(H4,23,24,27)/b26-18-/t17-/m0/s1. The maximum absolute atomic E-state index is 13.3. The van der Waals surface area contributed by atoms with Gasteiger partial charge in [0, 0.05) is 12.1 Å². The van der Waals surface area contributed by atoms with Gasteiger partial charge in [0.05, 0.1) is 0 Å². The van der Waals surface area contributed by atoms with E-state index in [0.717, 1.165) is 77.0 Å². The molecule has 0 aromatic carbocycles. The van der Waals surface area contributed by atoms with Crippen LogP contribution in [0.1, 0.15) is 89.9 Å². The molecule has 2 saturated carbocycles. The molecule has 5 N–H and O–H groups in total. The average Bonchev–Trinajstić information content (AvgIpc) is 2.92. The van der Waals surface area contributed by atoms with Crippen molar-refractivity contribution < 1.29 is 14.4 Å². The molecule has 3 aliphatic rings. The van der Waals surface area contributed by atoms with Gasteiger partial charge in [0.25, 0.3) is 5.91 Å². The quantitative estimate of drug-likeness (QED) is 0.204. The minimum atomic E-state index is -1.29. The third-order valence-corrected chi connectivity index (χ3v) is 6.62. The number of nitrogens with two attached hydrogens (primary N) is 2. The van der Waals surface area contributed by atoms with Crippen molar-refractivity contribution in [2.45, 2.75) is 102 Å². The van der Waals surface area contributed by atoms with Gasteiger partial charge < -0.3 is 16.8 Å². The van der Waals surface area contributed by atoms with E-state index in [9.17, 15) is 14.4 Å². The fourth-order valence-corrected chi connectivity index (χ4v) is 4.97. The van der Waals surface area contributed by atoms with Crippen LogP contribution in [0.25, 0.3) is 0 Å². The summed E-state index contributed by atoms with van der Waals surface area (Å²) in [4.78, 5) is 40.9. The van der Waals surface area contributed by atoms with Crippen LogP contribution in [-0.2, 0) is 14.4 Å². The zero-order valence-electron chi connectivity index (χ0n) is 18.4. The Hall–Kier alpha value is -2.45. The van der Waals surface area contributed by atoms with Gasteiger partial charge in [-0.3, -0.25) is 19.3 Å². The molecule has 0 bridgehead atoms. The molecule has 0 unspecified atom stereocenters. The zero-order valence-corrected chi connectivity index (χ0v) is 18.4. The first-order chi connectivity index (χ1) is 15.0. The topological polar surface area (TPSA) is 143 Å². The van der Waals surface area contributed by atoms with Crippen LogP contribution in [0.5, 0.6) is 0 Å². The summed E-state index contributed by atoms with van der Waals surface area (Å²) in [6, 6.07) is -0.195. The highest BCUT2D eigenvalue weighted by atomic mass is 16.2. The van der Waals surface area contributed by atoms with Crippen LogP contribution in [0.2, 0.25) is 0 Å². The van der Waals surface area contributed by atoms with Gasteiger partial charge in [-0.15, -0.1) is 10.2 Å². The lowest BCUT2D eigenvalue weighted by atomic mass is 9.95. The first-order valence-electron chi connectivity index (χ1n) is 11.8. The molecule has 3 amide bonds. The summed E-state index contributed by atoms with van der Waals surface area (Å²) in [6.07, 6.45) is 14.2. The molecule has 9 heteroatoms. The van der Waals surface area contributed by atoms with Crippen molar-refractivity contribution in [2.24, 2.45) is 27.6 Å². The second-order valence-corrected chi connectivity index (χ2v) is 9.01. The Bertz CT molecular complexity index is 715. The highest BCUT2D eigenvalue weighted by Gasteiger charge is 2.51. The van der Waals surface area contributed by atoms with Gasteiger partial charge in [0.15, 0.2) is 11.6 Å². The number of carbonyl (C=O) groups excluding carboxylic acids is 3. The molecule has 1 atom stereocenters. The first kappa shape index (κ1) is 23.2. The molecule has 0 radical (unpaired) electrons. The number of hydrogen-bond donors (Lipinski definition) is 3. The predicted molar refractivity (Wildman–Crippen MR) is 119 cm³/mol. The second kappa shape index (κ2) is 11.2. The third-order valence-electron chi connectivity index (χ3n) is 6.62. The van der Waals surface area contributed by atoms with Crippen molar-refractivity contribution in [1.29, 1.82) is 0 Å². The lowest BCUT2D eigenvalue weighted by Gasteiger charge is -2.28. The molecular weight excluding hydrogens is 396 g/mol. The Kier molecular flexibility index (Phi) is 8.43. The maximum Gasteiger partial charge on any atom is 0.278 e. The summed E-state index contributed by atoms with van der Waals surface area (Å²) in [7, 11) is 0. The molecule has 1 saturated heterocycles. The molecule has 31 heavy (non-hydrogen) atoms. The minimum absolute atomic E-state index is 0.00970. The first-order valence-corrected chi connectivity index (χ1v) is 11.8. The van der Waals surface area contributed by atoms with Crippen LogP contribution in [0, 0.1) is 5.92 Å². The van der Waals surface area contributed by atoms with E-state index in [4.69, 9.17) is 11.5 Å². The summed E-state index contributed by atoms with van der Waals surface area (Å²) >= 11 is 0. The van der Waals surface area contributed by atoms with Crippen LogP contribution >= 0.6 is 0 Å². The van der Waals surface area contributed by atoms with Gasteiger partial charge in [-0.25, -0.2) is 0 Å². The van der Waals surface area contributed by atoms with Crippen molar-refractivity contribution in [3.8, 4) is 0 Å². The smallest absolute Gasteiger partial charge is 0.278 e. The Morgan fingerprint density at radius 2 is 1.35 bits per heavy atom. The number of likely N-dealkylation sites (tertiary alicyclic amines) is 1. The zero-order chi connectivity index (χ0) is 22.2. The van der Waals surface area contributed by atoms with E-state index in [0.29, 0.717) is 0 Å². The monoisotopic (exact) mass is 432 g/mol. The number of guanidine groups is 1. The highest BCUT2D eigenvalue weighted by Crippen LogP contribution is 2.28. The molecular formula is C22H36N6O3. The largest absolute Gasteiger partial charge is 0.369 e. The number of rotatable bonds is 4. The summed E-state index contributed by atoms with van der Waals surface area (Å²) in [6.45, 7) is 0. The molecule has 9 nitrogen and oxygen atoms in total. The van der Waals surface area contributed by atoms with Crippen molar-refractivity contribution in [2.75, 3.05) is 0 Å². The van der Waals surface area contributed by atoms with Crippen molar-refractivity contribution in [1.82, 2.24) is 10.2 Å². The number of nitrogens with zero attached hydrogens (tertiary/aromatic N) is 3. The highest BCUT2D eigenvalue weighted by molar-refractivity contribution is 6.54. The number of hydrogen-bond acceptors (Lipinski definition) is 5. The van der Waals surface area contributed by atoms with Crippen LogP contribution in [0.15, 0.2) is 10.2 Å². The number of imide groups is 1. The van der Waals surface area contributed by atoms with Crippen molar-refractivity contribution >= 4 is 29.4 Å². The van der Waals surface area contributed by atoms with E-state index >= 15 is 0 Å². The van der Waals surface area contributed by atoms with E-state index in [1.807, 2.05) is 0 Å². The lowest BCUT2D eigenvalue weighted by Crippen LogP contribution is -2.45. The normalized spacial score (nSPS) is 26.1. The molecule has 0 spiro atoms. The third kappa shape index (κ3) is 6.04. The molecule has 0 aromatic heterocycles. The number of nitrogens with one attached hydrogen (secondary N) is 1. The van der Waals surface area contributed by atoms with E-state index in [2.05, 4.69) is 15.5 Å². The number of carbonyl (C=O) groups is 3. The summed E-state index contributed by atoms with van der Waals surface area (Å²) in [5.74, 6) is -3.12. The fraction of sp³-hybridized carbons (Fsp3) is 0.773. The van der Waals surface area contributed by atoms with Crippen molar-refractivity contribution in [3.05, 3.63) is 0 Å². The molecule has 2 aliphatic carbocycles. The van der Waals surface area contributed by atoms with E-state index in [-0.39, 0.29) is 23.8 Å². The van der Waals surface area contributed by atoms with Crippen LogP contribution < -0.4 is 16.8 Å². The Morgan fingerprint density at radius 3 is 1.90 bits per heavy atom. The Labute approximate surface area is 184 Å². The van der Waals surface area contributed by atoms with E-state index < -0.39 is 23.6 Å². The van der Waals surface area contributed by atoms with Crippen LogP contribution in [0.3, 0.4) is 0 Å². The van der Waals surface area contributed by atoms with E-state index in [1.165, 1.54) is 17.7 Å². The predicted octanol–water partition coefficient (Wildman–Crippen LogP) is 1.94. The SMILES string of the molecule is NC(N)=N/N=C1\C(=O)N(C2CCCCCCC2)C(=O)[C@@H]1C(=O)NC1CCCCCCC1. The van der Waals surface area contributed by atoms with E-state index in [1.54, 1.807) is 0 Å². The van der Waals surface area contributed by atoms with Crippen LogP contribution in [0.4, 0.5) is 0 Å². The summed E-state index contributed by atoms with van der Waals surface area (Å²) < 4.78 is 0. The number of amides is 3. The molecule has 1 heterocycles. The van der Waals surface area contributed by atoms with Gasteiger partial charge in [0.2, 0.25) is 17.8 Å². The fourth-order valence-electron chi connectivity index (χ4n) is 4.97. The Morgan fingerprint density at radius 1 is 0.839 bits per heavy atom. The minimum Gasteiger partial charge on any atom is -0.369 e. The molecule has 3 fully saturated rings. The summed E-state index contributed by atoms with van der Waals surface area (Å²) in [5.41, 5.74) is 10.6. The average molecular weight is 433 g/mol. The van der Waals surface area contributed by atoms with Gasteiger partial charge in [-0.1, -0.05) is 64.2 Å². The van der Waals surface area contributed by atoms with Gasteiger partial charge >= 0.3 is 0 Å². The maximum atomic E-state index is 13.3. The van der Waals surface area contributed by atoms with Gasteiger partial charge in [0.1, 0.15) is 0 Å². The van der Waals surface area contributed by atoms with Gasteiger partial charge in [-0.05, 0) is 25.7 Å². The van der Waals surface area contributed by atoms with Crippen LogP contribution in [-0.4, -0.2) is 46.4 Å². The Balaban J connectivity index is 1.81. The summed E-state index contributed by atoms with van der Waals surface area (Å²) in [5, 5.41) is 10.5. The molecule has 3 rings (SSSR count). The molecule has 1 aliphatic heterocycles. The molecule has 172 valence electrons.